The fourth-order valence-corrected chi connectivity index (χ4v) is 4.35. The average Bonchev–Trinajstić information content (AvgIpc) is 3.22. The minimum Gasteiger partial charge on any atom is -0.378 e. The van der Waals surface area contributed by atoms with E-state index >= 15 is 0 Å². The lowest BCUT2D eigenvalue weighted by atomic mass is 10.0. The predicted octanol–water partition coefficient (Wildman–Crippen LogP) is 3.43. The molecule has 10 heteroatoms. The van der Waals surface area contributed by atoms with Crippen LogP contribution in [-0.2, 0) is 11.3 Å². The first-order valence-corrected chi connectivity index (χ1v) is 10.7. The molecule has 1 fully saturated rings. The molecule has 2 aromatic carbocycles. The van der Waals surface area contributed by atoms with Gasteiger partial charge in [-0.2, -0.15) is 0 Å². The largest absolute Gasteiger partial charge is 0.378 e. The van der Waals surface area contributed by atoms with E-state index < -0.39 is 4.92 Å². The van der Waals surface area contributed by atoms with Crippen LogP contribution >= 0.6 is 11.8 Å². The number of nitro groups is 1. The van der Waals surface area contributed by atoms with Crippen molar-refractivity contribution in [2.75, 3.05) is 31.2 Å². The Morgan fingerprint density at radius 1 is 1.13 bits per heavy atom. The molecule has 0 spiro atoms. The molecule has 0 atom stereocenters. The number of carbonyl (C=O) groups excluding carboxylic acids is 1. The highest BCUT2D eigenvalue weighted by molar-refractivity contribution is 7.99. The van der Waals surface area contributed by atoms with Gasteiger partial charge in [0.05, 0.1) is 23.0 Å². The average molecular weight is 439 g/mol. The van der Waals surface area contributed by atoms with E-state index in [0.29, 0.717) is 35.4 Å². The lowest BCUT2D eigenvalue weighted by Crippen LogP contribution is -2.38. The summed E-state index contributed by atoms with van der Waals surface area (Å²) in [5, 5.41) is 20.9. The highest BCUT2D eigenvalue weighted by atomic mass is 32.2. The second-order valence-electron chi connectivity index (χ2n) is 6.86. The van der Waals surface area contributed by atoms with E-state index in [-0.39, 0.29) is 17.0 Å². The van der Waals surface area contributed by atoms with Gasteiger partial charge in [-0.15, -0.1) is 10.2 Å². The maximum absolute atomic E-state index is 12.7. The van der Waals surface area contributed by atoms with Crippen molar-refractivity contribution >= 4 is 29.2 Å². The van der Waals surface area contributed by atoms with E-state index in [4.69, 9.17) is 4.74 Å². The first-order valence-electron chi connectivity index (χ1n) is 9.90. The Labute approximate surface area is 183 Å². The van der Waals surface area contributed by atoms with E-state index in [0.717, 1.165) is 19.0 Å². The summed E-state index contributed by atoms with van der Waals surface area (Å²) in [5.74, 6) is 0.471. The van der Waals surface area contributed by atoms with Crippen LogP contribution in [0.1, 0.15) is 22.8 Å². The first-order chi connectivity index (χ1) is 15.1. The molecule has 31 heavy (non-hydrogen) atoms. The molecule has 3 aromatic rings. The number of aromatic nitrogens is 3. The van der Waals surface area contributed by atoms with Crippen LogP contribution < -0.4 is 4.90 Å². The Morgan fingerprint density at radius 2 is 1.87 bits per heavy atom. The lowest BCUT2D eigenvalue weighted by Gasteiger charge is -2.27. The number of carbonyl (C=O) groups is 1. The van der Waals surface area contributed by atoms with Crippen LogP contribution in [0, 0.1) is 10.1 Å². The molecule has 4 rings (SSSR count). The third-order valence-corrected chi connectivity index (χ3v) is 6.01. The van der Waals surface area contributed by atoms with Crippen molar-refractivity contribution in [1.82, 2.24) is 14.8 Å². The van der Waals surface area contributed by atoms with Crippen LogP contribution in [0.2, 0.25) is 0 Å². The Hall–Kier alpha value is -3.24. The van der Waals surface area contributed by atoms with Crippen LogP contribution in [0.15, 0.2) is 58.6 Å². The number of benzene rings is 2. The van der Waals surface area contributed by atoms with Crippen LogP contribution in [0.4, 0.5) is 11.6 Å². The molecular formula is C21H21N5O4S. The number of rotatable bonds is 7. The van der Waals surface area contributed by atoms with E-state index in [2.05, 4.69) is 15.1 Å². The van der Waals surface area contributed by atoms with Gasteiger partial charge in [0.25, 0.3) is 5.69 Å². The molecule has 0 saturated carbocycles. The van der Waals surface area contributed by atoms with Crippen molar-refractivity contribution in [1.29, 1.82) is 0 Å². The normalized spacial score (nSPS) is 13.9. The maximum atomic E-state index is 12.7. The van der Waals surface area contributed by atoms with E-state index in [1.807, 2.05) is 17.6 Å². The highest BCUT2D eigenvalue weighted by Crippen LogP contribution is 2.36. The number of morpholine rings is 1. The highest BCUT2D eigenvalue weighted by Gasteiger charge is 2.24. The monoisotopic (exact) mass is 439 g/mol. The van der Waals surface area contributed by atoms with Crippen LogP contribution in [0.3, 0.4) is 0 Å². The number of ketones is 1. The summed E-state index contributed by atoms with van der Waals surface area (Å²) in [4.78, 5) is 26.5. The molecule has 0 aliphatic carbocycles. The molecule has 0 amide bonds. The molecule has 1 aliphatic heterocycles. The van der Waals surface area contributed by atoms with Gasteiger partial charge >= 0.3 is 0 Å². The third-order valence-electron chi connectivity index (χ3n) is 4.96. The first kappa shape index (κ1) is 21.0. The fourth-order valence-electron chi connectivity index (χ4n) is 3.37. The molecule has 0 N–H and O–H groups in total. The summed E-state index contributed by atoms with van der Waals surface area (Å²) in [6, 6.07) is 13.2. The minimum atomic E-state index is -0.473. The van der Waals surface area contributed by atoms with Crippen molar-refractivity contribution in [3.8, 4) is 0 Å². The SMILES string of the molecule is CCn1c(Sc2ccc(C(=O)c3ccccc3)cc2[N+](=O)[O-])nnc1N1CCOCC1. The molecule has 0 bridgehead atoms. The third kappa shape index (κ3) is 4.44. The topological polar surface area (TPSA) is 103 Å². The summed E-state index contributed by atoms with van der Waals surface area (Å²) in [6.45, 7) is 5.30. The van der Waals surface area contributed by atoms with Crippen LogP contribution in [0.5, 0.6) is 0 Å². The molecular weight excluding hydrogens is 418 g/mol. The number of anilines is 1. The maximum Gasteiger partial charge on any atom is 0.284 e. The molecule has 1 aliphatic rings. The van der Waals surface area contributed by atoms with Crippen LogP contribution in [0.25, 0.3) is 0 Å². The summed E-state index contributed by atoms with van der Waals surface area (Å²) in [6.07, 6.45) is 0. The smallest absolute Gasteiger partial charge is 0.284 e. The summed E-state index contributed by atoms with van der Waals surface area (Å²) < 4.78 is 7.33. The molecule has 2 heterocycles. The fraction of sp³-hybridized carbons (Fsp3) is 0.286. The second-order valence-corrected chi connectivity index (χ2v) is 7.87. The standard InChI is InChI=1S/C21H21N5O4S/c1-2-25-20(24-10-12-30-13-11-24)22-23-21(25)31-18-9-8-16(14-17(18)26(28)29)19(27)15-6-4-3-5-7-15/h3-9,14H,2,10-13H2,1H3. The minimum absolute atomic E-state index is 0.134. The zero-order valence-electron chi connectivity index (χ0n) is 16.9. The number of nitrogens with zero attached hydrogens (tertiary/aromatic N) is 5. The molecule has 0 unspecified atom stereocenters. The molecule has 0 radical (unpaired) electrons. The lowest BCUT2D eigenvalue weighted by molar-refractivity contribution is -0.387. The van der Waals surface area contributed by atoms with Crippen molar-refractivity contribution in [3.63, 3.8) is 0 Å². The van der Waals surface area contributed by atoms with Crippen molar-refractivity contribution < 1.29 is 14.5 Å². The second kappa shape index (κ2) is 9.27. The number of nitro benzene ring substituents is 1. The van der Waals surface area contributed by atoms with Crippen molar-refractivity contribution in [2.45, 2.75) is 23.5 Å². The van der Waals surface area contributed by atoms with Gasteiger partial charge < -0.3 is 9.64 Å². The van der Waals surface area contributed by atoms with Gasteiger partial charge in [0.1, 0.15) is 0 Å². The van der Waals surface area contributed by atoms with Gasteiger partial charge in [0.2, 0.25) is 5.95 Å². The van der Waals surface area contributed by atoms with Gasteiger partial charge in [-0.1, -0.05) is 30.3 Å². The van der Waals surface area contributed by atoms with Gasteiger partial charge in [-0.05, 0) is 30.8 Å². The van der Waals surface area contributed by atoms with Crippen molar-refractivity contribution in [3.05, 3.63) is 69.8 Å². The Kier molecular flexibility index (Phi) is 6.28. The molecule has 160 valence electrons. The summed E-state index contributed by atoms with van der Waals surface area (Å²) in [7, 11) is 0. The Balaban J connectivity index is 1.63. The van der Waals surface area contributed by atoms with Gasteiger partial charge in [0, 0.05) is 36.8 Å². The van der Waals surface area contributed by atoms with E-state index in [1.165, 1.54) is 17.8 Å². The summed E-state index contributed by atoms with van der Waals surface area (Å²) >= 11 is 1.17. The summed E-state index contributed by atoms with van der Waals surface area (Å²) in [5.41, 5.74) is 0.622. The van der Waals surface area contributed by atoms with Crippen LogP contribution in [-0.4, -0.2) is 51.8 Å². The zero-order chi connectivity index (χ0) is 21.8. The quantitative estimate of drug-likeness (QED) is 0.313. The van der Waals surface area contributed by atoms with E-state index in [1.54, 1.807) is 36.4 Å². The predicted molar refractivity (Wildman–Crippen MR) is 116 cm³/mol. The Morgan fingerprint density at radius 3 is 2.55 bits per heavy atom. The zero-order valence-corrected chi connectivity index (χ0v) is 17.7. The number of ether oxygens (including phenoxy) is 1. The molecule has 1 aromatic heterocycles. The van der Waals surface area contributed by atoms with Gasteiger partial charge in [0.15, 0.2) is 10.9 Å². The number of hydrogen-bond acceptors (Lipinski definition) is 8. The van der Waals surface area contributed by atoms with Gasteiger partial charge in [-0.3, -0.25) is 19.5 Å². The van der Waals surface area contributed by atoms with Gasteiger partial charge in [-0.25, -0.2) is 0 Å². The molecule has 1 saturated heterocycles. The Bertz CT molecular complexity index is 1100. The van der Waals surface area contributed by atoms with Crippen molar-refractivity contribution in [2.24, 2.45) is 0 Å². The molecule has 9 nitrogen and oxygen atoms in total. The van der Waals surface area contributed by atoms with E-state index in [9.17, 15) is 14.9 Å². The number of hydrogen-bond donors (Lipinski definition) is 0.